The van der Waals surface area contributed by atoms with Gasteiger partial charge in [-0.1, -0.05) is 6.92 Å². The minimum atomic E-state index is -0.215. The van der Waals surface area contributed by atoms with Gasteiger partial charge in [-0.05, 0) is 49.9 Å². The molecule has 2 aliphatic rings. The summed E-state index contributed by atoms with van der Waals surface area (Å²) >= 11 is 0. The number of amides is 1. The Labute approximate surface area is 154 Å². The van der Waals surface area contributed by atoms with E-state index in [1.807, 2.05) is 6.07 Å². The van der Waals surface area contributed by atoms with Crippen molar-refractivity contribution in [3.8, 4) is 11.9 Å². The molecule has 26 heavy (non-hydrogen) atoms. The van der Waals surface area contributed by atoms with Crippen LogP contribution in [0.5, 0.6) is 5.88 Å². The molecular weight excluding hydrogens is 332 g/mol. The van der Waals surface area contributed by atoms with Crippen LogP contribution in [0.3, 0.4) is 0 Å². The highest BCUT2D eigenvalue weighted by atomic mass is 16.5. The van der Waals surface area contributed by atoms with E-state index in [0.717, 1.165) is 32.4 Å². The molecule has 7 heteroatoms. The Hall–Kier alpha value is -2.36. The van der Waals surface area contributed by atoms with Crippen LogP contribution < -0.4 is 4.74 Å². The molecule has 0 radical (unpaired) electrons. The van der Waals surface area contributed by atoms with Gasteiger partial charge in [0.2, 0.25) is 5.88 Å². The Morgan fingerprint density at radius 3 is 2.81 bits per heavy atom. The van der Waals surface area contributed by atoms with Gasteiger partial charge in [-0.2, -0.15) is 10.2 Å². The van der Waals surface area contributed by atoms with Crippen LogP contribution in [0.25, 0.3) is 0 Å². The van der Waals surface area contributed by atoms with E-state index in [1.54, 1.807) is 17.9 Å². The Kier molecular flexibility index (Phi) is 5.30. The standard InChI is InChI=1S/C19H26N4O3/c1-13-21-15(12-20)10-17(22-13)26-9-6-19(2)11-16(19)14-4-7-23(8-5-14)18(24)25-3/h10,14,16H,4-9,11H2,1-3H3/t16-,19?/m1/s1. The molecule has 2 fully saturated rings. The Balaban J connectivity index is 1.45. The number of hydrogen-bond donors (Lipinski definition) is 0. The first kappa shape index (κ1) is 18.4. The first-order valence-electron chi connectivity index (χ1n) is 9.16. The summed E-state index contributed by atoms with van der Waals surface area (Å²) in [4.78, 5) is 21.6. The summed E-state index contributed by atoms with van der Waals surface area (Å²) in [6, 6.07) is 3.61. The summed E-state index contributed by atoms with van der Waals surface area (Å²) in [5, 5.41) is 8.97. The molecule has 0 aromatic carbocycles. The highest BCUT2D eigenvalue weighted by Crippen LogP contribution is 2.60. The van der Waals surface area contributed by atoms with Crippen molar-refractivity contribution < 1.29 is 14.3 Å². The predicted octanol–water partition coefficient (Wildman–Crippen LogP) is 2.93. The maximum Gasteiger partial charge on any atom is 0.409 e. The molecule has 0 spiro atoms. The third-order valence-electron chi connectivity index (χ3n) is 5.81. The van der Waals surface area contributed by atoms with Crippen LogP contribution in [0.1, 0.15) is 44.1 Å². The first-order valence-corrected chi connectivity index (χ1v) is 9.16. The number of ether oxygens (including phenoxy) is 2. The fourth-order valence-corrected chi connectivity index (χ4v) is 4.14. The van der Waals surface area contributed by atoms with Crippen LogP contribution in [0.4, 0.5) is 4.79 Å². The number of carbonyl (C=O) groups is 1. The summed E-state index contributed by atoms with van der Waals surface area (Å²) in [5.74, 6) is 2.40. The molecule has 0 N–H and O–H groups in total. The Morgan fingerprint density at radius 1 is 1.42 bits per heavy atom. The number of nitriles is 1. The van der Waals surface area contributed by atoms with Gasteiger partial charge in [0, 0.05) is 19.2 Å². The minimum Gasteiger partial charge on any atom is -0.478 e. The number of piperidine rings is 1. The molecular formula is C19H26N4O3. The maximum absolute atomic E-state index is 11.6. The van der Waals surface area contributed by atoms with Crippen molar-refractivity contribution >= 4 is 6.09 Å². The third kappa shape index (κ3) is 4.06. The van der Waals surface area contributed by atoms with Crippen LogP contribution >= 0.6 is 0 Å². The van der Waals surface area contributed by atoms with Gasteiger partial charge in [0.05, 0.1) is 13.7 Å². The highest BCUT2D eigenvalue weighted by molar-refractivity contribution is 5.67. The number of aromatic nitrogens is 2. The van der Waals surface area contributed by atoms with E-state index in [2.05, 4.69) is 16.9 Å². The second kappa shape index (κ2) is 7.48. The van der Waals surface area contributed by atoms with Gasteiger partial charge in [-0.3, -0.25) is 0 Å². The SMILES string of the molecule is COC(=O)N1CCC([C@H]2CC2(C)CCOc2cc(C#N)nc(C)n2)CC1. The van der Waals surface area contributed by atoms with Crippen LogP contribution in [0.15, 0.2) is 6.07 Å². The van der Waals surface area contributed by atoms with E-state index in [4.69, 9.17) is 14.7 Å². The molecule has 140 valence electrons. The van der Waals surface area contributed by atoms with E-state index < -0.39 is 0 Å². The molecule has 1 aromatic rings. The van der Waals surface area contributed by atoms with Crippen LogP contribution in [0, 0.1) is 35.5 Å². The average molecular weight is 358 g/mol. The van der Waals surface area contributed by atoms with Crippen LogP contribution in [0.2, 0.25) is 0 Å². The van der Waals surface area contributed by atoms with Crippen LogP contribution in [-0.4, -0.2) is 47.8 Å². The van der Waals surface area contributed by atoms with Gasteiger partial charge in [0.1, 0.15) is 17.6 Å². The molecule has 1 saturated carbocycles. The molecule has 1 saturated heterocycles. The van der Waals surface area contributed by atoms with Crippen molar-refractivity contribution in [3.63, 3.8) is 0 Å². The second-order valence-corrected chi connectivity index (χ2v) is 7.61. The third-order valence-corrected chi connectivity index (χ3v) is 5.81. The predicted molar refractivity (Wildman–Crippen MR) is 94.5 cm³/mol. The van der Waals surface area contributed by atoms with E-state index in [9.17, 15) is 4.79 Å². The van der Waals surface area contributed by atoms with E-state index >= 15 is 0 Å². The van der Waals surface area contributed by atoms with Crippen molar-refractivity contribution in [2.45, 2.75) is 39.5 Å². The zero-order chi connectivity index (χ0) is 18.7. The van der Waals surface area contributed by atoms with Crippen molar-refractivity contribution in [2.75, 3.05) is 26.8 Å². The summed E-state index contributed by atoms with van der Waals surface area (Å²) < 4.78 is 10.6. The summed E-state index contributed by atoms with van der Waals surface area (Å²) in [6.45, 7) is 6.25. The fraction of sp³-hybridized carbons (Fsp3) is 0.684. The molecule has 2 atom stereocenters. The Morgan fingerprint density at radius 2 is 2.15 bits per heavy atom. The molecule has 1 amide bonds. The normalized spacial score (nSPS) is 25.5. The fourth-order valence-electron chi connectivity index (χ4n) is 4.14. The lowest BCUT2D eigenvalue weighted by Gasteiger charge is -2.32. The zero-order valence-corrected chi connectivity index (χ0v) is 15.7. The lowest BCUT2D eigenvalue weighted by molar-refractivity contribution is 0.100. The number of carbonyl (C=O) groups excluding carboxylic acids is 1. The maximum atomic E-state index is 11.6. The second-order valence-electron chi connectivity index (χ2n) is 7.61. The quantitative estimate of drug-likeness (QED) is 0.804. The number of aryl methyl sites for hydroxylation is 1. The minimum absolute atomic E-state index is 0.215. The summed E-state index contributed by atoms with van der Waals surface area (Å²) in [5.41, 5.74) is 0.637. The molecule has 0 bridgehead atoms. The number of rotatable bonds is 5. The number of nitrogens with zero attached hydrogens (tertiary/aromatic N) is 4. The lowest BCUT2D eigenvalue weighted by Crippen LogP contribution is -2.39. The van der Waals surface area contributed by atoms with Gasteiger partial charge in [-0.15, -0.1) is 0 Å². The topological polar surface area (TPSA) is 88.3 Å². The van der Waals surface area contributed by atoms with Gasteiger partial charge in [0.25, 0.3) is 0 Å². The van der Waals surface area contributed by atoms with Gasteiger partial charge < -0.3 is 14.4 Å². The smallest absolute Gasteiger partial charge is 0.409 e. The van der Waals surface area contributed by atoms with E-state index in [-0.39, 0.29) is 6.09 Å². The number of likely N-dealkylation sites (tertiary alicyclic amines) is 1. The van der Waals surface area contributed by atoms with Crippen molar-refractivity contribution in [3.05, 3.63) is 17.6 Å². The summed E-state index contributed by atoms with van der Waals surface area (Å²) in [6.07, 6.45) is 4.07. The Bertz CT molecular complexity index is 709. The molecule has 2 heterocycles. The van der Waals surface area contributed by atoms with Gasteiger partial charge in [-0.25, -0.2) is 9.78 Å². The molecule has 1 aromatic heterocycles. The lowest BCUT2D eigenvalue weighted by atomic mass is 9.87. The monoisotopic (exact) mass is 358 g/mol. The van der Waals surface area contributed by atoms with E-state index in [0.29, 0.717) is 41.3 Å². The van der Waals surface area contributed by atoms with E-state index in [1.165, 1.54) is 13.5 Å². The number of hydrogen-bond acceptors (Lipinski definition) is 6. The number of methoxy groups -OCH3 is 1. The van der Waals surface area contributed by atoms with Crippen molar-refractivity contribution in [1.82, 2.24) is 14.9 Å². The first-order chi connectivity index (χ1) is 12.4. The highest BCUT2D eigenvalue weighted by Gasteiger charge is 2.53. The molecule has 3 rings (SSSR count). The van der Waals surface area contributed by atoms with Crippen LogP contribution in [-0.2, 0) is 4.74 Å². The average Bonchev–Trinajstić information content (AvgIpc) is 3.32. The molecule has 7 nitrogen and oxygen atoms in total. The summed E-state index contributed by atoms with van der Waals surface area (Å²) in [7, 11) is 1.44. The zero-order valence-electron chi connectivity index (χ0n) is 15.7. The van der Waals surface area contributed by atoms with Crippen molar-refractivity contribution in [2.24, 2.45) is 17.3 Å². The largest absolute Gasteiger partial charge is 0.478 e. The van der Waals surface area contributed by atoms with Gasteiger partial charge >= 0.3 is 6.09 Å². The van der Waals surface area contributed by atoms with Gasteiger partial charge in [0.15, 0.2) is 0 Å². The molecule has 1 aliphatic heterocycles. The molecule has 1 aliphatic carbocycles. The molecule has 1 unspecified atom stereocenters. The van der Waals surface area contributed by atoms with Crippen molar-refractivity contribution in [1.29, 1.82) is 5.26 Å².